The van der Waals surface area contributed by atoms with E-state index in [1.54, 1.807) is 25.6 Å². The van der Waals surface area contributed by atoms with E-state index in [-0.39, 0.29) is 5.91 Å². The Morgan fingerprint density at radius 1 is 1.32 bits per heavy atom. The lowest BCUT2D eigenvalue weighted by atomic mass is 10.0. The number of aromatic nitrogens is 3. The summed E-state index contributed by atoms with van der Waals surface area (Å²) in [5.41, 5.74) is 1.35. The fourth-order valence-corrected chi connectivity index (χ4v) is 2.89. The Balaban J connectivity index is 1.97. The number of nitrogens with one attached hydrogen (secondary N) is 1. The van der Waals surface area contributed by atoms with E-state index in [4.69, 9.17) is 4.74 Å². The first-order valence-electron chi connectivity index (χ1n) is 7.61. The third-order valence-corrected chi connectivity index (χ3v) is 4.22. The van der Waals surface area contributed by atoms with E-state index in [0.717, 1.165) is 21.6 Å². The van der Waals surface area contributed by atoms with Gasteiger partial charge in [0, 0.05) is 36.3 Å². The molecule has 25 heavy (non-hydrogen) atoms. The molecule has 0 bridgehead atoms. The van der Waals surface area contributed by atoms with Gasteiger partial charge in [0.1, 0.15) is 17.6 Å². The molecule has 3 rings (SSSR count). The van der Waals surface area contributed by atoms with Crippen LogP contribution in [0.5, 0.6) is 5.75 Å². The number of carbonyl (C=O) groups is 1. The van der Waals surface area contributed by atoms with E-state index in [1.807, 2.05) is 42.1 Å². The van der Waals surface area contributed by atoms with E-state index in [1.165, 1.54) is 6.20 Å². The molecule has 1 atom stereocenters. The van der Waals surface area contributed by atoms with Gasteiger partial charge in [0.05, 0.1) is 12.7 Å². The molecule has 1 aromatic carbocycles. The minimum absolute atomic E-state index is 0.232. The molecule has 0 saturated carbocycles. The predicted octanol–water partition coefficient (Wildman–Crippen LogP) is 3.11. The van der Waals surface area contributed by atoms with Crippen molar-refractivity contribution in [1.29, 1.82) is 0 Å². The standard InChI is InChI=1S/C18H17BrN4O2/c1-23-7-6-21-17(23)16(12-4-3-5-15(9-12)25-2)22-18(24)13-8-14(19)11-20-10-13/h3-11,16H,1-2H3,(H,22,24)/t16-/m0/s1. The second-order valence-electron chi connectivity index (χ2n) is 5.47. The van der Waals surface area contributed by atoms with Gasteiger partial charge in [-0.1, -0.05) is 12.1 Å². The number of amides is 1. The maximum atomic E-state index is 12.7. The Labute approximate surface area is 154 Å². The molecule has 2 aromatic heterocycles. The first kappa shape index (κ1) is 17.2. The predicted molar refractivity (Wildman–Crippen MR) is 97.4 cm³/mol. The van der Waals surface area contributed by atoms with Gasteiger partial charge in [-0.25, -0.2) is 4.98 Å². The average Bonchev–Trinajstić information content (AvgIpc) is 3.05. The van der Waals surface area contributed by atoms with Gasteiger partial charge in [-0.15, -0.1) is 0 Å². The third-order valence-electron chi connectivity index (χ3n) is 3.79. The summed E-state index contributed by atoms with van der Waals surface area (Å²) < 4.78 is 7.93. The van der Waals surface area contributed by atoms with Crippen LogP contribution in [-0.2, 0) is 7.05 Å². The number of hydrogen-bond donors (Lipinski definition) is 1. The molecule has 1 N–H and O–H groups in total. The summed E-state index contributed by atoms with van der Waals surface area (Å²) in [5, 5.41) is 3.03. The zero-order chi connectivity index (χ0) is 17.8. The number of halogens is 1. The fourth-order valence-electron chi connectivity index (χ4n) is 2.52. The molecular formula is C18H17BrN4O2. The Morgan fingerprint density at radius 2 is 2.16 bits per heavy atom. The van der Waals surface area contributed by atoms with E-state index >= 15 is 0 Å². The molecule has 0 radical (unpaired) electrons. The molecule has 0 saturated heterocycles. The highest BCUT2D eigenvalue weighted by Crippen LogP contribution is 2.24. The zero-order valence-corrected chi connectivity index (χ0v) is 15.4. The molecule has 128 valence electrons. The number of rotatable bonds is 5. The summed E-state index contributed by atoms with van der Waals surface area (Å²) in [4.78, 5) is 21.1. The van der Waals surface area contributed by atoms with Gasteiger partial charge in [-0.05, 0) is 39.7 Å². The summed E-state index contributed by atoms with van der Waals surface area (Å²) in [7, 11) is 3.50. The molecule has 7 heteroatoms. The van der Waals surface area contributed by atoms with Crippen LogP contribution in [0, 0.1) is 0 Å². The number of hydrogen-bond acceptors (Lipinski definition) is 4. The average molecular weight is 401 g/mol. The van der Waals surface area contributed by atoms with Gasteiger partial charge < -0.3 is 14.6 Å². The maximum Gasteiger partial charge on any atom is 0.253 e. The van der Waals surface area contributed by atoms with Crippen LogP contribution >= 0.6 is 15.9 Å². The van der Waals surface area contributed by atoms with E-state index in [0.29, 0.717) is 5.56 Å². The SMILES string of the molecule is COc1cccc([C@H](NC(=O)c2cncc(Br)c2)c2nccn2C)c1. The van der Waals surface area contributed by atoms with Crippen LogP contribution in [0.3, 0.4) is 0 Å². The molecular weight excluding hydrogens is 384 g/mol. The van der Waals surface area contributed by atoms with Crippen molar-refractivity contribution in [2.45, 2.75) is 6.04 Å². The second kappa shape index (κ2) is 7.48. The van der Waals surface area contributed by atoms with Crippen LogP contribution in [0.1, 0.15) is 27.8 Å². The highest BCUT2D eigenvalue weighted by Gasteiger charge is 2.22. The highest BCUT2D eigenvalue weighted by atomic mass is 79.9. The third kappa shape index (κ3) is 3.88. The van der Waals surface area contributed by atoms with Gasteiger partial charge in [-0.3, -0.25) is 9.78 Å². The van der Waals surface area contributed by atoms with E-state index in [9.17, 15) is 4.79 Å². The quantitative estimate of drug-likeness (QED) is 0.714. The van der Waals surface area contributed by atoms with Crippen LogP contribution in [0.15, 0.2) is 59.6 Å². The lowest BCUT2D eigenvalue weighted by Gasteiger charge is -2.19. The number of benzene rings is 1. The maximum absolute atomic E-state index is 12.7. The monoisotopic (exact) mass is 400 g/mol. The Bertz CT molecular complexity index is 894. The minimum Gasteiger partial charge on any atom is -0.497 e. The van der Waals surface area contributed by atoms with Gasteiger partial charge in [-0.2, -0.15) is 0 Å². The number of methoxy groups -OCH3 is 1. The Kier molecular flexibility index (Phi) is 5.14. The molecule has 0 fully saturated rings. The number of nitrogens with zero attached hydrogens (tertiary/aromatic N) is 3. The Hall–Kier alpha value is -2.67. The van der Waals surface area contributed by atoms with Crippen LogP contribution in [0.4, 0.5) is 0 Å². The topological polar surface area (TPSA) is 69.0 Å². The van der Waals surface area contributed by atoms with Crippen molar-refractivity contribution >= 4 is 21.8 Å². The van der Waals surface area contributed by atoms with Crippen molar-refractivity contribution in [3.05, 3.63) is 76.5 Å². The number of imidazole rings is 1. The summed E-state index contributed by atoms with van der Waals surface area (Å²) in [6, 6.07) is 8.88. The molecule has 0 aliphatic carbocycles. The van der Waals surface area contributed by atoms with Crippen molar-refractivity contribution in [3.63, 3.8) is 0 Å². The molecule has 0 aliphatic heterocycles. The van der Waals surface area contributed by atoms with E-state index in [2.05, 4.69) is 31.2 Å². The van der Waals surface area contributed by atoms with Crippen molar-refractivity contribution in [3.8, 4) is 5.75 Å². The van der Waals surface area contributed by atoms with Crippen molar-refractivity contribution in [2.75, 3.05) is 7.11 Å². The minimum atomic E-state index is -0.415. The van der Waals surface area contributed by atoms with Crippen LogP contribution in [0.25, 0.3) is 0 Å². The van der Waals surface area contributed by atoms with Gasteiger partial charge in [0.25, 0.3) is 5.91 Å². The summed E-state index contributed by atoms with van der Waals surface area (Å²) in [6.45, 7) is 0. The smallest absolute Gasteiger partial charge is 0.253 e. The summed E-state index contributed by atoms with van der Waals surface area (Å²) in [6.07, 6.45) is 6.71. The molecule has 2 heterocycles. The number of carbonyl (C=O) groups excluding carboxylic acids is 1. The fraction of sp³-hybridized carbons (Fsp3) is 0.167. The summed E-state index contributed by atoms with van der Waals surface area (Å²) >= 11 is 3.34. The number of ether oxygens (including phenoxy) is 1. The van der Waals surface area contributed by atoms with E-state index < -0.39 is 6.04 Å². The second-order valence-corrected chi connectivity index (χ2v) is 6.39. The van der Waals surface area contributed by atoms with Crippen LogP contribution in [0.2, 0.25) is 0 Å². The molecule has 0 spiro atoms. The largest absolute Gasteiger partial charge is 0.497 e. The molecule has 1 amide bonds. The summed E-state index contributed by atoms with van der Waals surface area (Å²) in [5.74, 6) is 1.21. The molecule has 6 nitrogen and oxygen atoms in total. The zero-order valence-electron chi connectivity index (χ0n) is 13.8. The van der Waals surface area contributed by atoms with Crippen molar-refractivity contribution in [1.82, 2.24) is 19.9 Å². The lowest BCUT2D eigenvalue weighted by molar-refractivity contribution is 0.0940. The molecule has 0 unspecified atom stereocenters. The lowest BCUT2D eigenvalue weighted by Crippen LogP contribution is -2.31. The van der Waals surface area contributed by atoms with Gasteiger partial charge >= 0.3 is 0 Å². The number of pyridine rings is 1. The van der Waals surface area contributed by atoms with Gasteiger partial charge in [0.15, 0.2) is 0 Å². The molecule has 0 aliphatic rings. The highest BCUT2D eigenvalue weighted by molar-refractivity contribution is 9.10. The number of aryl methyl sites for hydroxylation is 1. The normalized spacial score (nSPS) is 11.8. The first-order valence-corrected chi connectivity index (χ1v) is 8.40. The van der Waals surface area contributed by atoms with Crippen LogP contribution < -0.4 is 10.1 Å². The van der Waals surface area contributed by atoms with Crippen molar-refractivity contribution < 1.29 is 9.53 Å². The van der Waals surface area contributed by atoms with Crippen LogP contribution in [-0.4, -0.2) is 27.6 Å². The Morgan fingerprint density at radius 3 is 2.84 bits per heavy atom. The molecule has 3 aromatic rings. The van der Waals surface area contributed by atoms with Crippen molar-refractivity contribution in [2.24, 2.45) is 7.05 Å². The first-order chi connectivity index (χ1) is 12.1. The van der Waals surface area contributed by atoms with Gasteiger partial charge in [0.2, 0.25) is 0 Å².